The molecule has 7 nitrogen and oxygen atoms in total. The second-order valence-electron chi connectivity index (χ2n) is 5.73. The monoisotopic (exact) mass is 349 g/mol. The molecule has 26 heavy (non-hydrogen) atoms. The highest BCUT2D eigenvalue weighted by molar-refractivity contribution is 5.80. The molecule has 0 fully saturated rings. The van der Waals surface area contributed by atoms with Crippen LogP contribution < -0.4 is 15.9 Å². The standard InChI is InChI=1S/C19H19N5O2/c1-13-5-3-4-6-16(13)12-26-17-9-7-15(8-10-17)11-20-23-18-14(2)22-24-19(25)21-18/h3-11H,12H2,1-2H3,(H2,21,23,24,25)/b20-11+. The van der Waals surface area contributed by atoms with Crippen molar-refractivity contribution in [2.24, 2.45) is 5.10 Å². The minimum absolute atomic E-state index is 0.322. The van der Waals surface area contributed by atoms with E-state index in [1.165, 1.54) is 5.56 Å². The molecular weight excluding hydrogens is 330 g/mol. The molecule has 0 saturated carbocycles. The Morgan fingerprint density at radius 1 is 1.15 bits per heavy atom. The number of rotatable bonds is 6. The number of H-pyrrole nitrogens is 1. The lowest BCUT2D eigenvalue weighted by atomic mass is 10.1. The Hall–Kier alpha value is -3.48. The first-order valence-corrected chi connectivity index (χ1v) is 8.11. The molecule has 0 bridgehead atoms. The molecule has 1 aromatic heterocycles. The molecular formula is C19H19N5O2. The van der Waals surface area contributed by atoms with Gasteiger partial charge >= 0.3 is 5.69 Å². The summed E-state index contributed by atoms with van der Waals surface area (Å²) in [7, 11) is 0. The lowest BCUT2D eigenvalue weighted by molar-refractivity contribution is 0.305. The Morgan fingerprint density at radius 2 is 1.92 bits per heavy atom. The van der Waals surface area contributed by atoms with Crippen LogP contribution in [0.15, 0.2) is 58.4 Å². The van der Waals surface area contributed by atoms with E-state index >= 15 is 0 Å². The van der Waals surface area contributed by atoms with Gasteiger partial charge in [0, 0.05) is 0 Å². The molecule has 2 N–H and O–H groups in total. The maximum absolute atomic E-state index is 11.2. The number of hydrogen-bond donors (Lipinski definition) is 2. The molecule has 0 radical (unpaired) electrons. The summed E-state index contributed by atoms with van der Waals surface area (Å²) in [6.45, 7) is 4.32. The zero-order chi connectivity index (χ0) is 18.4. The van der Waals surface area contributed by atoms with E-state index in [9.17, 15) is 4.79 Å². The molecule has 3 rings (SSSR count). The highest BCUT2D eigenvalue weighted by Gasteiger charge is 2.01. The normalized spacial score (nSPS) is 10.8. The van der Waals surface area contributed by atoms with Gasteiger partial charge in [-0.2, -0.15) is 15.2 Å². The predicted octanol–water partition coefficient (Wildman–Crippen LogP) is 2.81. The van der Waals surface area contributed by atoms with Crippen molar-refractivity contribution in [3.8, 4) is 5.75 Å². The van der Waals surface area contributed by atoms with E-state index in [-0.39, 0.29) is 0 Å². The fourth-order valence-electron chi connectivity index (χ4n) is 2.25. The van der Waals surface area contributed by atoms with Crippen LogP contribution in [0.25, 0.3) is 0 Å². The Labute approximate surface area is 150 Å². The SMILES string of the molecule is Cc1ccccc1COc1ccc(/C=N/Nc2nc(=O)[nH]nc2C)cc1. The van der Waals surface area contributed by atoms with Gasteiger partial charge in [-0.1, -0.05) is 24.3 Å². The summed E-state index contributed by atoms with van der Waals surface area (Å²) < 4.78 is 5.81. The lowest BCUT2D eigenvalue weighted by Gasteiger charge is -2.08. The van der Waals surface area contributed by atoms with Crippen LogP contribution >= 0.6 is 0 Å². The summed E-state index contributed by atoms with van der Waals surface area (Å²) in [5, 5.41) is 10.2. The van der Waals surface area contributed by atoms with Crippen molar-refractivity contribution < 1.29 is 4.74 Å². The number of ether oxygens (including phenoxy) is 1. The lowest BCUT2D eigenvalue weighted by Crippen LogP contribution is -2.15. The van der Waals surface area contributed by atoms with Gasteiger partial charge in [0.1, 0.15) is 18.1 Å². The number of nitrogens with zero attached hydrogens (tertiary/aromatic N) is 3. The summed E-state index contributed by atoms with van der Waals surface area (Å²) in [5.41, 5.74) is 6.00. The number of anilines is 1. The van der Waals surface area contributed by atoms with Crippen LogP contribution in [0.2, 0.25) is 0 Å². The molecule has 0 aliphatic carbocycles. The van der Waals surface area contributed by atoms with Crippen LogP contribution in [0, 0.1) is 13.8 Å². The molecule has 7 heteroatoms. The maximum atomic E-state index is 11.2. The van der Waals surface area contributed by atoms with E-state index < -0.39 is 5.69 Å². The molecule has 0 spiro atoms. The van der Waals surface area contributed by atoms with Crippen molar-refractivity contribution in [2.75, 3.05) is 5.43 Å². The fourth-order valence-corrected chi connectivity index (χ4v) is 2.25. The zero-order valence-corrected chi connectivity index (χ0v) is 14.6. The first-order chi connectivity index (χ1) is 12.6. The molecule has 132 valence electrons. The van der Waals surface area contributed by atoms with Crippen molar-refractivity contribution >= 4 is 12.0 Å². The van der Waals surface area contributed by atoms with Gasteiger partial charge in [-0.25, -0.2) is 9.89 Å². The number of hydrazone groups is 1. The van der Waals surface area contributed by atoms with E-state index in [1.807, 2.05) is 36.4 Å². The van der Waals surface area contributed by atoms with Crippen LogP contribution in [0.1, 0.15) is 22.4 Å². The highest BCUT2D eigenvalue weighted by atomic mass is 16.5. The van der Waals surface area contributed by atoms with Gasteiger partial charge in [-0.3, -0.25) is 5.43 Å². The summed E-state index contributed by atoms with van der Waals surface area (Å²) in [6.07, 6.45) is 1.63. The van der Waals surface area contributed by atoms with Crippen molar-refractivity contribution in [1.82, 2.24) is 15.2 Å². The van der Waals surface area contributed by atoms with Gasteiger partial charge in [0.2, 0.25) is 0 Å². The Balaban J connectivity index is 1.58. The molecule has 0 saturated heterocycles. The van der Waals surface area contributed by atoms with Crippen molar-refractivity contribution in [1.29, 1.82) is 0 Å². The van der Waals surface area contributed by atoms with Crippen LogP contribution in [0.3, 0.4) is 0 Å². The third kappa shape index (κ3) is 4.54. The third-order valence-electron chi connectivity index (χ3n) is 3.80. The van der Waals surface area contributed by atoms with Crippen molar-refractivity contribution in [3.63, 3.8) is 0 Å². The van der Waals surface area contributed by atoms with Gasteiger partial charge in [0.15, 0.2) is 5.82 Å². The van der Waals surface area contributed by atoms with Gasteiger partial charge in [0.05, 0.1) is 6.21 Å². The average Bonchev–Trinajstić information content (AvgIpc) is 2.65. The van der Waals surface area contributed by atoms with Gasteiger partial charge < -0.3 is 4.74 Å². The summed E-state index contributed by atoms with van der Waals surface area (Å²) in [6, 6.07) is 15.7. The molecule has 2 aromatic carbocycles. The smallest absolute Gasteiger partial charge is 0.363 e. The number of aromatic nitrogens is 3. The quantitative estimate of drug-likeness (QED) is 0.527. The van der Waals surface area contributed by atoms with Crippen LogP contribution in [0.5, 0.6) is 5.75 Å². The summed E-state index contributed by atoms with van der Waals surface area (Å²) in [4.78, 5) is 14.9. The number of hydrogen-bond acceptors (Lipinski definition) is 6. The van der Waals surface area contributed by atoms with Crippen molar-refractivity contribution in [2.45, 2.75) is 20.5 Å². The fraction of sp³-hybridized carbons (Fsp3) is 0.158. The number of aromatic amines is 1. The number of aryl methyl sites for hydroxylation is 2. The maximum Gasteiger partial charge on any atom is 0.363 e. The molecule has 3 aromatic rings. The van der Waals surface area contributed by atoms with E-state index in [1.54, 1.807) is 13.1 Å². The predicted molar refractivity (Wildman–Crippen MR) is 101 cm³/mol. The second kappa shape index (κ2) is 8.06. The Bertz CT molecular complexity index is 964. The molecule has 0 amide bonds. The van der Waals surface area contributed by atoms with E-state index in [2.05, 4.69) is 44.8 Å². The number of benzene rings is 2. The average molecular weight is 349 g/mol. The van der Waals surface area contributed by atoms with E-state index in [0.717, 1.165) is 16.9 Å². The minimum Gasteiger partial charge on any atom is -0.489 e. The van der Waals surface area contributed by atoms with Gasteiger partial charge in [0.25, 0.3) is 0 Å². The molecule has 1 heterocycles. The third-order valence-corrected chi connectivity index (χ3v) is 3.80. The van der Waals surface area contributed by atoms with Crippen LogP contribution in [-0.4, -0.2) is 21.4 Å². The van der Waals surface area contributed by atoms with E-state index in [4.69, 9.17) is 4.74 Å². The minimum atomic E-state index is -0.525. The van der Waals surface area contributed by atoms with Gasteiger partial charge in [-0.15, -0.1) is 0 Å². The first kappa shape index (κ1) is 17.3. The summed E-state index contributed by atoms with van der Waals surface area (Å²) >= 11 is 0. The molecule has 0 unspecified atom stereocenters. The molecule has 0 aliphatic heterocycles. The van der Waals surface area contributed by atoms with E-state index in [0.29, 0.717) is 18.1 Å². The molecule has 0 aliphatic rings. The highest BCUT2D eigenvalue weighted by Crippen LogP contribution is 2.15. The second-order valence-corrected chi connectivity index (χ2v) is 5.73. The Morgan fingerprint density at radius 3 is 2.69 bits per heavy atom. The molecule has 0 atom stereocenters. The van der Waals surface area contributed by atoms with Crippen LogP contribution in [-0.2, 0) is 6.61 Å². The van der Waals surface area contributed by atoms with Gasteiger partial charge in [-0.05, 0) is 54.8 Å². The zero-order valence-electron chi connectivity index (χ0n) is 14.6. The Kier molecular flexibility index (Phi) is 5.38. The largest absolute Gasteiger partial charge is 0.489 e. The summed E-state index contributed by atoms with van der Waals surface area (Å²) in [5.74, 6) is 1.11. The topological polar surface area (TPSA) is 92.3 Å². The number of nitrogens with one attached hydrogen (secondary N) is 2. The first-order valence-electron chi connectivity index (χ1n) is 8.11. The van der Waals surface area contributed by atoms with Crippen molar-refractivity contribution in [3.05, 3.63) is 81.4 Å². The van der Waals surface area contributed by atoms with Crippen LogP contribution in [0.4, 0.5) is 5.82 Å².